The fourth-order valence-electron chi connectivity index (χ4n) is 0.637. The van der Waals surface area contributed by atoms with Gasteiger partial charge in [-0.15, -0.1) is 12.6 Å². The molecule has 0 bridgehead atoms. The molecule has 0 saturated carbocycles. The molecule has 0 heterocycles. The van der Waals surface area contributed by atoms with Crippen LogP contribution in [0.2, 0.25) is 0 Å². The van der Waals surface area contributed by atoms with Gasteiger partial charge in [0.15, 0.2) is 5.75 Å². The van der Waals surface area contributed by atoms with Gasteiger partial charge in [0, 0.05) is 0 Å². The van der Waals surface area contributed by atoms with Crippen molar-refractivity contribution in [3.8, 4) is 5.75 Å². The molecule has 0 aliphatic heterocycles. The van der Waals surface area contributed by atoms with E-state index in [-0.39, 0.29) is 10.6 Å². The third kappa shape index (κ3) is 0.844. The summed E-state index contributed by atoms with van der Waals surface area (Å²) in [5.41, 5.74) is -1.11. The predicted octanol–water partition coefficient (Wildman–Crippen LogP) is -0.0300. The SMILES string of the molecule is CCOc1c(S)c(=O)c1=O. The van der Waals surface area contributed by atoms with Crippen LogP contribution in [0.15, 0.2) is 14.5 Å². The highest BCUT2D eigenvalue weighted by Gasteiger charge is 2.18. The third-order valence-corrected chi connectivity index (χ3v) is 1.54. The molecule has 0 saturated heterocycles. The number of rotatable bonds is 2. The molecule has 1 aromatic carbocycles. The Bertz CT molecular complexity index is 308. The van der Waals surface area contributed by atoms with Crippen LogP contribution in [0.5, 0.6) is 5.75 Å². The van der Waals surface area contributed by atoms with Crippen LogP contribution in [0.4, 0.5) is 0 Å². The van der Waals surface area contributed by atoms with Gasteiger partial charge >= 0.3 is 0 Å². The normalized spacial score (nSPS) is 10.2. The maximum atomic E-state index is 10.6. The van der Waals surface area contributed by atoms with Crippen molar-refractivity contribution in [2.75, 3.05) is 6.61 Å². The summed E-state index contributed by atoms with van der Waals surface area (Å²) in [4.78, 5) is 21.2. The number of hydrogen-bond donors (Lipinski definition) is 1. The highest BCUT2D eigenvalue weighted by molar-refractivity contribution is 7.80. The Labute approximate surface area is 62.7 Å². The molecule has 0 amide bonds. The first-order valence-electron chi connectivity index (χ1n) is 2.83. The van der Waals surface area contributed by atoms with Crippen LogP contribution in [0.1, 0.15) is 6.92 Å². The minimum absolute atomic E-state index is 0.107. The topological polar surface area (TPSA) is 43.4 Å². The summed E-state index contributed by atoms with van der Waals surface area (Å²) < 4.78 is 4.81. The van der Waals surface area contributed by atoms with Crippen LogP contribution < -0.4 is 15.6 Å². The second-order valence-corrected chi connectivity index (χ2v) is 2.22. The Morgan fingerprint density at radius 1 is 1.40 bits per heavy atom. The fourth-order valence-corrected chi connectivity index (χ4v) is 0.905. The second kappa shape index (κ2) is 2.46. The van der Waals surface area contributed by atoms with Gasteiger partial charge in [-0.25, -0.2) is 0 Å². The Kier molecular flexibility index (Phi) is 1.80. The van der Waals surface area contributed by atoms with E-state index in [1.807, 2.05) is 0 Å². The zero-order valence-electron chi connectivity index (χ0n) is 5.38. The van der Waals surface area contributed by atoms with Gasteiger partial charge in [-0.1, -0.05) is 0 Å². The highest BCUT2D eigenvalue weighted by atomic mass is 32.1. The molecule has 0 spiro atoms. The minimum atomic E-state index is -0.563. The smallest absolute Gasteiger partial charge is 0.269 e. The van der Waals surface area contributed by atoms with E-state index in [1.165, 1.54) is 0 Å². The molecule has 54 valence electrons. The Morgan fingerprint density at radius 3 is 2.40 bits per heavy atom. The van der Waals surface area contributed by atoms with E-state index >= 15 is 0 Å². The van der Waals surface area contributed by atoms with Crippen LogP contribution in [-0.2, 0) is 0 Å². The van der Waals surface area contributed by atoms with Crippen LogP contribution >= 0.6 is 12.6 Å². The zero-order valence-corrected chi connectivity index (χ0v) is 6.27. The zero-order chi connectivity index (χ0) is 7.72. The van der Waals surface area contributed by atoms with Crippen molar-refractivity contribution in [2.24, 2.45) is 0 Å². The maximum Gasteiger partial charge on any atom is 0.269 e. The van der Waals surface area contributed by atoms with Crippen molar-refractivity contribution in [1.82, 2.24) is 0 Å². The average molecular weight is 158 g/mol. The number of hydrogen-bond acceptors (Lipinski definition) is 4. The molecule has 0 unspecified atom stereocenters. The molecule has 4 heteroatoms. The van der Waals surface area contributed by atoms with Crippen molar-refractivity contribution in [2.45, 2.75) is 11.8 Å². The first-order valence-corrected chi connectivity index (χ1v) is 3.28. The minimum Gasteiger partial charge on any atom is -0.488 e. The average Bonchev–Trinajstić information content (AvgIpc) is 1.98. The van der Waals surface area contributed by atoms with E-state index in [0.29, 0.717) is 6.61 Å². The molecule has 0 aromatic heterocycles. The molecule has 0 N–H and O–H groups in total. The molecular weight excluding hydrogens is 152 g/mol. The second-order valence-electron chi connectivity index (χ2n) is 1.77. The number of thiol groups is 1. The van der Waals surface area contributed by atoms with E-state index in [0.717, 1.165) is 0 Å². The third-order valence-electron chi connectivity index (χ3n) is 1.13. The molecular formula is C6H6O3S. The van der Waals surface area contributed by atoms with Gasteiger partial charge in [0.05, 0.1) is 6.61 Å². The molecule has 0 radical (unpaired) electrons. The molecule has 0 atom stereocenters. The van der Waals surface area contributed by atoms with Crippen molar-refractivity contribution in [3.05, 3.63) is 20.4 Å². The molecule has 10 heavy (non-hydrogen) atoms. The van der Waals surface area contributed by atoms with Gasteiger partial charge in [0.25, 0.3) is 5.43 Å². The first kappa shape index (κ1) is 7.34. The van der Waals surface area contributed by atoms with E-state index < -0.39 is 10.9 Å². The van der Waals surface area contributed by atoms with Gasteiger partial charge in [-0.3, -0.25) is 9.59 Å². The van der Waals surface area contributed by atoms with Crippen LogP contribution in [0.3, 0.4) is 0 Å². The van der Waals surface area contributed by atoms with E-state index in [1.54, 1.807) is 6.92 Å². The fraction of sp³-hybridized carbons (Fsp3) is 0.333. The summed E-state index contributed by atoms with van der Waals surface area (Å²) in [5.74, 6) is 0.107. The van der Waals surface area contributed by atoms with Crippen molar-refractivity contribution < 1.29 is 4.74 Å². The largest absolute Gasteiger partial charge is 0.488 e. The van der Waals surface area contributed by atoms with E-state index in [2.05, 4.69) is 12.6 Å². The van der Waals surface area contributed by atoms with Gasteiger partial charge < -0.3 is 4.74 Å². The summed E-state index contributed by atoms with van der Waals surface area (Å²) in [5, 5.41) is 0. The Morgan fingerprint density at radius 2 is 2.00 bits per heavy atom. The Hall–Kier alpha value is -0.770. The quantitative estimate of drug-likeness (QED) is 0.485. The lowest BCUT2D eigenvalue weighted by Gasteiger charge is -2.04. The van der Waals surface area contributed by atoms with E-state index in [4.69, 9.17) is 4.74 Å². The van der Waals surface area contributed by atoms with Crippen LogP contribution in [-0.4, -0.2) is 6.61 Å². The monoisotopic (exact) mass is 158 g/mol. The first-order chi connectivity index (χ1) is 4.68. The van der Waals surface area contributed by atoms with Crippen molar-refractivity contribution >= 4 is 12.6 Å². The summed E-state index contributed by atoms with van der Waals surface area (Å²) in [6.45, 7) is 2.13. The highest BCUT2D eigenvalue weighted by Crippen LogP contribution is 2.13. The summed E-state index contributed by atoms with van der Waals surface area (Å²) in [6.07, 6.45) is 0. The maximum absolute atomic E-state index is 10.6. The molecule has 0 fully saturated rings. The Balaban J connectivity index is 2.99. The molecule has 0 aliphatic rings. The molecule has 1 rings (SSSR count). The van der Waals surface area contributed by atoms with Gasteiger partial charge in [-0.2, -0.15) is 0 Å². The summed E-state index contributed by atoms with van der Waals surface area (Å²) in [6, 6.07) is 0. The van der Waals surface area contributed by atoms with Crippen molar-refractivity contribution in [3.63, 3.8) is 0 Å². The van der Waals surface area contributed by atoms with Crippen molar-refractivity contribution in [1.29, 1.82) is 0 Å². The standard InChI is InChI=1S/C6H6O3S/c1-2-9-5-3(7)4(8)6(5)10/h10H,2H2,1H3. The molecule has 3 nitrogen and oxygen atoms in total. The summed E-state index contributed by atoms with van der Waals surface area (Å²) >= 11 is 3.75. The lowest BCUT2D eigenvalue weighted by atomic mass is 10.3. The summed E-state index contributed by atoms with van der Waals surface area (Å²) in [7, 11) is 0. The number of ether oxygens (including phenoxy) is 1. The van der Waals surface area contributed by atoms with Gasteiger partial charge in [0.2, 0.25) is 5.43 Å². The lowest BCUT2D eigenvalue weighted by Crippen LogP contribution is -2.33. The predicted molar refractivity (Wildman–Crippen MR) is 39.8 cm³/mol. The molecule has 0 aliphatic carbocycles. The van der Waals surface area contributed by atoms with Crippen LogP contribution in [0, 0.1) is 0 Å². The molecule has 1 aromatic rings. The van der Waals surface area contributed by atoms with Gasteiger partial charge in [0.1, 0.15) is 4.90 Å². The lowest BCUT2D eigenvalue weighted by molar-refractivity contribution is 0.322. The van der Waals surface area contributed by atoms with E-state index in [9.17, 15) is 9.59 Å². The van der Waals surface area contributed by atoms with Gasteiger partial charge in [-0.05, 0) is 6.92 Å². The van der Waals surface area contributed by atoms with Crippen LogP contribution in [0.25, 0.3) is 0 Å².